The number of benzene rings is 1. The maximum absolute atomic E-state index is 12.4. The minimum atomic E-state index is -1.01. The van der Waals surface area contributed by atoms with Crippen LogP contribution in [0, 0.1) is 11.3 Å². The van der Waals surface area contributed by atoms with Crippen LogP contribution in [0.3, 0.4) is 0 Å². The van der Waals surface area contributed by atoms with Gasteiger partial charge in [-0.25, -0.2) is 0 Å². The molecule has 3 rings (SSSR count). The number of anilines is 1. The zero-order valence-electron chi connectivity index (χ0n) is 14.9. The number of aromatic nitrogens is 2. The van der Waals surface area contributed by atoms with Crippen molar-refractivity contribution < 1.29 is 19.7 Å². The fourth-order valence-corrected chi connectivity index (χ4v) is 3.08. The Morgan fingerprint density at radius 3 is 2.85 bits per heavy atom. The Hall–Kier alpha value is -2.80. The van der Waals surface area contributed by atoms with Crippen molar-refractivity contribution in [3.05, 3.63) is 30.1 Å². The van der Waals surface area contributed by atoms with Crippen molar-refractivity contribution in [2.75, 3.05) is 31.1 Å². The van der Waals surface area contributed by atoms with Crippen molar-refractivity contribution in [3.8, 4) is 6.07 Å². The fraction of sp³-hybridized carbons (Fsp3) is 0.444. The van der Waals surface area contributed by atoms with Gasteiger partial charge < -0.3 is 25.2 Å². The van der Waals surface area contributed by atoms with Crippen molar-refractivity contribution in [2.24, 2.45) is 0 Å². The third-order valence-electron chi connectivity index (χ3n) is 4.34. The maximum atomic E-state index is 12.4. The molecule has 1 aromatic heterocycles. The molecule has 9 nitrogen and oxygen atoms in total. The Bertz CT molecular complexity index is 868. The molecule has 0 saturated carbocycles. The van der Waals surface area contributed by atoms with Crippen LogP contribution in [0.2, 0.25) is 0 Å². The summed E-state index contributed by atoms with van der Waals surface area (Å²) in [5.41, 5.74) is 2.33. The van der Waals surface area contributed by atoms with Gasteiger partial charge in [0.05, 0.1) is 36.6 Å². The number of nitrogens with zero attached hydrogens (tertiary/aromatic N) is 4. The van der Waals surface area contributed by atoms with E-state index >= 15 is 0 Å². The smallest absolute Gasteiger partial charge is 0.251 e. The minimum absolute atomic E-state index is 0.0468. The lowest BCUT2D eigenvalue weighted by molar-refractivity contribution is -0.137. The summed E-state index contributed by atoms with van der Waals surface area (Å²) in [5, 5.41) is 30.1. The molecule has 2 unspecified atom stereocenters. The first-order chi connectivity index (χ1) is 13.0. The summed E-state index contributed by atoms with van der Waals surface area (Å²) in [5.74, 6) is -0.358. The fourth-order valence-electron chi connectivity index (χ4n) is 3.08. The number of hydrogen-bond acceptors (Lipinski definition) is 8. The van der Waals surface area contributed by atoms with Gasteiger partial charge in [-0.3, -0.25) is 14.8 Å². The van der Waals surface area contributed by atoms with Crippen molar-refractivity contribution in [2.45, 2.75) is 25.2 Å². The van der Waals surface area contributed by atoms with Gasteiger partial charge in [0, 0.05) is 25.5 Å². The van der Waals surface area contributed by atoms with E-state index in [0.29, 0.717) is 29.7 Å². The quantitative estimate of drug-likeness (QED) is 0.645. The summed E-state index contributed by atoms with van der Waals surface area (Å²) in [4.78, 5) is 23.0. The molecule has 0 spiro atoms. The number of rotatable bonds is 5. The Morgan fingerprint density at radius 1 is 1.41 bits per heavy atom. The third kappa shape index (κ3) is 4.14. The normalized spacial score (nSPS) is 20.9. The van der Waals surface area contributed by atoms with Gasteiger partial charge in [0.15, 0.2) is 6.10 Å². The predicted octanol–water partition coefficient (Wildman–Crippen LogP) is -0.435. The van der Waals surface area contributed by atoms with Gasteiger partial charge in [-0.15, -0.1) is 0 Å². The highest BCUT2D eigenvalue weighted by Crippen LogP contribution is 2.28. The molecule has 142 valence electrons. The van der Waals surface area contributed by atoms with Crippen LogP contribution in [0.5, 0.6) is 0 Å². The number of fused-ring (bicyclic) bond motifs is 1. The summed E-state index contributed by atoms with van der Waals surface area (Å²) in [6.45, 7) is 2.25. The van der Waals surface area contributed by atoms with Gasteiger partial charge >= 0.3 is 0 Å². The second kappa shape index (κ2) is 8.26. The largest absolute Gasteiger partial charge is 0.394 e. The molecule has 3 atom stereocenters. The average molecular weight is 371 g/mol. The van der Waals surface area contributed by atoms with Crippen LogP contribution >= 0.6 is 0 Å². The molecule has 2 aromatic rings. The van der Waals surface area contributed by atoms with Crippen LogP contribution in [0.25, 0.3) is 11.0 Å². The van der Waals surface area contributed by atoms with Gasteiger partial charge in [0.25, 0.3) is 5.91 Å². The molecule has 1 fully saturated rings. The predicted molar refractivity (Wildman–Crippen MR) is 96.9 cm³/mol. The SMILES string of the molecule is CC1CN(c2ccc(C#N)c3nccnc23)CC(C(=O)NC[C@@H](O)CO)O1. The van der Waals surface area contributed by atoms with Crippen molar-refractivity contribution >= 4 is 22.6 Å². The molecule has 2 heterocycles. The number of carbonyl (C=O) groups excluding carboxylic acids is 1. The topological polar surface area (TPSA) is 132 Å². The van der Waals surface area contributed by atoms with E-state index < -0.39 is 18.8 Å². The molecule has 3 N–H and O–H groups in total. The van der Waals surface area contributed by atoms with Crippen molar-refractivity contribution in [1.29, 1.82) is 5.26 Å². The van der Waals surface area contributed by atoms with Crippen LogP contribution in [0.15, 0.2) is 24.5 Å². The highest BCUT2D eigenvalue weighted by Gasteiger charge is 2.31. The number of hydrogen-bond donors (Lipinski definition) is 3. The Morgan fingerprint density at radius 2 is 2.15 bits per heavy atom. The minimum Gasteiger partial charge on any atom is -0.394 e. The summed E-state index contributed by atoms with van der Waals surface area (Å²) in [6.07, 6.45) is 1.15. The van der Waals surface area contributed by atoms with Gasteiger partial charge in [-0.1, -0.05) is 0 Å². The van der Waals surface area contributed by atoms with E-state index in [1.807, 2.05) is 11.8 Å². The van der Waals surface area contributed by atoms with E-state index in [1.165, 1.54) is 6.20 Å². The molecule has 9 heteroatoms. The number of aliphatic hydroxyl groups is 2. The molecule has 1 aliphatic rings. The van der Waals surface area contributed by atoms with Crippen LogP contribution < -0.4 is 10.2 Å². The molecule has 1 aromatic carbocycles. The molecule has 0 bridgehead atoms. The van der Waals surface area contributed by atoms with Crippen LogP contribution in [0.1, 0.15) is 12.5 Å². The van der Waals surface area contributed by atoms with Crippen molar-refractivity contribution in [1.82, 2.24) is 15.3 Å². The third-order valence-corrected chi connectivity index (χ3v) is 4.34. The van der Waals surface area contributed by atoms with E-state index in [1.54, 1.807) is 18.3 Å². The van der Waals surface area contributed by atoms with Crippen LogP contribution in [-0.2, 0) is 9.53 Å². The average Bonchev–Trinajstić information content (AvgIpc) is 2.70. The number of morpholine rings is 1. The molecular weight excluding hydrogens is 350 g/mol. The Kier molecular flexibility index (Phi) is 5.81. The lowest BCUT2D eigenvalue weighted by Gasteiger charge is -2.37. The lowest BCUT2D eigenvalue weighted by atomic mass is 10.1. The van der Waals surface area contributed by atoms with Crippen LogP contribution in [0.4, 0.5) is 5.69 Å². The first-order valence-electron chi connectivity index (χ1n) is 8.64. The maximum Gasteiger partial charge on any atom is 0.251 e. The number of nitrogens with one attached hydrogen (secondary N) is 1. The summed E-state index contributed by atoms with van der Waals surface area (Å²) < 4.78 is 5.74. The molecule has 27 heavy (non-hydrogen) atoms. The zero-order chi connectivity index (χ0) is 19.4. The second-order valence-corrected chi connectivity index (χ2v) is 6.42. The van der Waals surface area contributed by atoms with E-state index in [9.17, 15) is 15.2 Å². The van der Waals surface area contributed by atoms with Gasteiger partial charge in [-0.2, -0.15) is 5.26 Å². The molecule has 1 saturated heterocycles. The first kappa shape index (κ1) is 19.0. The Labute approximate surface area is 156 Å². The summed E-state index contributed by atoms with van der Waals surface area (Å²) in [6, 6.07) is 5.61. The number of amides is 1. The number of nitriles is 1. The standard InChI is InChI=1S/C18H21N5O4/c1-11-8-23(9-15(27-11)18(26)22-7-13(25)10-24)14-3-2-12(6-19)16-17(14)21-5-4-20-16/h2-5,11,13,15,24-25H,7-10H2,1H3,(H,22,26)/t11?,13-,15?/m1/s1. The second-order valence-electron chi connectivity index (χ2n) is 6.42. The first-order valence-corrected chi connectivity index (χ1v) is 8.64. The molecule has 1 aliphatic heterocycles. The molecular formula is C18H21N5O4. The van der Waals surface area contributed by atoms with Crippen molar-refractivity contribution in [3.63, 3.8) is 0 Å². The number of carbonyl (C=O) groups is 1. The summed E-state index contributed by atoms with van der Waals surface area (Å²) in [7, 11) is 0. The highest BCUT2D eigenvalue weighted by atomic mass is 16.5. The van der Waals surface area contributed by atoms with E-state index in [-0.39, 0.29) is 18.6 Å². The summed E-state index contributed by atoms with van der Waals surface area (Å²) >= 11 is 0. The van der Waals surface area contributed by atoms with E-state index in [4.69, 9.17) is 9.84 Å². The monoisotopic (exact) mass is 371 g/mol. The number of ether oxygens (including phenoxy) is 1. The van der Waals surface area contributed by atoms with Gasteiger partial charge in [0.1, 0.15) is 17.1 Å². The molecule has 0 radical (unpaired) electrons. The van der Waals surface area contributed by atoms with E-state index in [2.05, 4.69) is 21.4 Å². The Balaban J connectivity index is 1.84. The number of aliphatic hydroxyl groups excluding tert-OH is 2. The highest BCUT2D eigenvalue weighted by molar-refractivity contribution is 5.92. The molecule has 1 amide bonds. The van der Waals surface area contributed by atoms with Gasteiger partial charge in [0.2, 0.25) is 0 Å². The molecule has 0 aliphatic carbocycles. The van der Waals surface area contributed by atoms with Crippen LogP contribution in [-0.4, -0.2) is 70.6 Å². The van der Waals surface area contributed by atoms with Gasteiger partial charge in [-0.05, 0) is 19.1 Å². The van der Waals surface area contributed by atoms with E-state index in [0.717, 1.165) is 5.69 Å². The lowest BCUT2D eigenvalue weighted by Crippen LogP contribution is -2.53. The zero-order valence-corrected chi connectivity index (χ0v) is 14.9.